The average Bonchev–Trinajstić information content (AvgIpc) is 2.22. The van der Waals surface area contributed by atoms with Crippen molar-refractivity contribution in [2.24, 2.45) is 0 Å². The topological polar surface area (TPSA) is 43.4 Å². The van der Waals surface area contributed by atoms with Gasteiger partial charge < -0.3 is 4.74 Å². The third-order valence-corrected chi connectivity index (χ3v) is 3.14. The highest BCUT2D eigenvalue weighted by Gasteiger charge is 2.24. The van der Waals surface area contributed by atoms with E-state index in [1.165, 1.54) is 12.1 Å². The molecule has 0 aromatic heterocycles. The lowest BCUT2D eigenvalue weighted by molar-refractivity contribution is -0.135. The number of ketones is 1. The number of esters is 1. The van der Waals surface area contributed by atoms with Crippen LogP contribution in [0, 0.1) is 9.39 Å². The van der Waals surface area contributed by atoms with Crippen LogP contribution in [0.4, 0.5) is 4.39 Å². The maximum absolute atomic E-state index is 13.5. The van der Waals surface area contributed by atoms with Crippen molar-refractivity contribution < 1.29 is 18.7 Å². The van der Waals surface area contributed by atoms with Crippen molar-refractivity contribution in [1.29, 1.82) is 0 Å². The highest BCUT2D eigenvalue weighted by atomic mass is 127. The van der Waals surface area contributed by atoms with Crippen molar-refractivity contribution in [3.8, 4) is 0 Å². The van der Waals surface area contributed by atoms with E-state index in [1.54, 1.807) is 22.6 Å². The third kappa shape index (κ3) is 2.54. The molecular weight excluding hydrogens is 382 g/mol. The van der Waals surface area contributed by atoms with Crippen molar-refractivity contribution in [2.75, 3.05) is 7.11 Å². The first-order chi connectivity index (χ1) is 6.99. The van der Waals surface area contributed by atoms with E-state index in [0.717, 1.165) is 7.11 Å². The Bertz CT molecular complexity index is 434. The lowest BCUT2D eigenvalue weighted by Gasteiger charge is -2.04. The summed E-state index contributed by atoms with van der Waals surface area (Å²) in [4.78, 5) is 22.4. The first-order valence-corrected chi connectivity index (χ1v) is 5.62. The van der Waals surface area contributed by atoms with E-state index >= 15 is 0 Å². The summed E-state index contributed by atoms with van der Waals surface area (Å²) in [5.41, 5.74) is -0.297. The minimum atomic E-state index is -1.09. The summed E-state index contributed by atoms with van der Waals surface area (Å²) >= 11 is 4.74. The van der Waals surface area contributed by atoms with Crippen LogP contribution in [-0.4, -0.2) is 18.9 Å². The number of carbonyl (C=O) groups excluding carboxylic acids is 2. The van der Waals surface area contributed by atoms with Gasteiger partial charge in [0.1, 0.15) is 5.82 Å². The Kier molecular flexibility index (Phi) is 4.21. The minimum absolute atomic E-state index is 0.232. The number of methoxy groups -OCH3 is 1. The zero-order chi connectivity index (χ0) is 11.6. The second-order valence-corrected chi connectivity index (χ2v) is 4.56. The number of hydrogen-bond acceptors (Lipinski definition) is 3. The van der Waals surface area contributed by atoms with Crippen molar-refractivity contribution >= 4 is 50.3 Å². The van der Waals surface area contributed by atoms with Crippen LogP contribution in [-0.2, 0) is 9.53 Å². The second kappa shape index (κ2) is 5.02. The molecule has 0 radical (unpaired) electrons. The van der Waals surface area contributed by atoms with Crippen molar-refractivity contribution in [1.82, 2.24) is 0 Å². The van der Waals surface area contributed by atoms with Gasteiger partial charge in [0.15, 0.2) is 0 Å². The second-order valence-electron chi connectivity index (χ2n) is 2.54. The van der Waals surface area contributed by atoms with Crippen LogP contribution in [0.3, 0.4) is 0 Å². The molecule has 0 saturated heterocycles. The van der Waals surface area contributed by atoms with Gasteiger partial charge in [0.2, 0.25) is 0 Å². The Morgan fingerprint density at radius 1 is 1.47 bits per heavy atom. The molecule has 0 amide bonds. The van der Waals surface area contributed by atoms with Crippen molar-refractivity contribution in [3.63, 3.8) is 0 Å². The molecule has 80 valence electrons. The van der Waals surface area contributed by atoms with Crippen LogP contribution >= 0.6 is 38.5 Å². The number of halogens is 3. The number of rotatable bonds is 2. The molecule has 0 aliphatic rings. The zero-order valence-corrected chi connectivity index (χ0v) is 11.3. The van der Waals surface area contributed by atoms with Gasteiger partial charge in [-0.1, -0.05) is 0 Å². The van der Waals surface area contributed by atoms with E-state index in [4.69, 9.17) is 0 Å². The molecule has 0 aliphatic carbocycles. The molecule has 6 heteroatoms. The highest BCUT2D eigenvalue weighted by Crippen LogP contribution is 2.24. The predicted molar refractivity (Wildman–Crippen MR) is 63.2 cm³/mol. The molecule has 0 bridgehead atoms. The number of ether oxygens (including phenoxy) is 1. The number of hydrogen-bond donors (Lipinski definition) is 0. The van der Waals surface area contributed by atoms with Crippen LogP contribution in [0.2, 0.25) is 0 Å². The van der Waals surface area contributed by atoms with Crippen LogP contribution < -0.4 is 0 Å². The molecule has 0 fully saturated rings. The lowest BCUT2D eigenvalue weighted by Crippen LogP contribution is -2.18. The normalized spacial score (nSPS) is 9.87. The number of benzene rings is 1. The van der Waals surface area contributed by atoms with E-state index in [1.807, 2.05) is 0 Å². The molecule has 0 aliphatic heterocycles. The molecular formula is C9H5BrFIO3. The Hall–Kier alpha value is -0.500. The maximum atomic E-state index is 13.5. The standard InChI is InChI=1S/C9H5BrFIO3/c1-15-9(14)8(13)6-4(10)2-3-5(12)7(6)11/h2-3H,1H3. The van der Waals surface area contributed by atoms with E-state index < -0.39 is 17.6 Å². The SMILES string of the molecule is COC(=O)C(=O)c1c(Br)ccc(I)c1F. The average molecular weight is 387 g/mol. The van der Waals surface area contributed by atoms with Crippen LogP contribution in [0.5, 0.6) is 0 Å². The van der Waals surface area contributed by atoms with Gasteiger partial charge >= 0.3 is 5.97 Å². The molecule has 0 unspecified atom stereocenters. The molecule has 0 spiro atoms. The summed E-state index contributed by atoms with van der Waals surface area (Å²) in [7, 11) is 1.07. The highest BCUT2D eigenvalue weighted by molar-refractivity contribution is 14.1. The fraction of sp³-hybridized carbons (Fsp3) is 0.111. The fourth-order valence-corrected chi connectivity index (χ4v) is 1.87. The van der Waals surface area contributed by atoms with E-state index in [2.05, 4.69) is 20.7 Å². The van der Waals surface area contributed by atoms with Gasteiger partial charge in [0.05, 0.1) is 12.7 Å². The summed E-state index contributed by atoms with van der Waals surface area (Å²) in [5.74, 6) is -2.81. The first kappa shape index (κ1) is 12.6. The molecule has 1 rings (SSSR count). The van der Waals surface area contributed by atoms with Crippen LogP contribution in [0.1, 0.15) is 10.4 Å². The van der Waals surface area contributed by atoms with Gasteiger partial charge in [-0.15, -0.1) is 0 Å². The third-order valence-electron chi connectivity index (χ3n) is 1.64. The quantitative estimate of drug-likeness (QED) is 0.258. The Balaban J connectivity index is 3.31. The molecule has 0 heterocycles. The van der Waals surface area contributed by atoms with E-state index in [0.29, 0.717) is 0 Å². The van der Waals surface area contributed by atoms with Gasteiger partial charge in [-0.25, -0.2) is 9.18 Å². The Morgan fingerprint density at radius 2 is 2.07 bits per heavy atom. The number of carbonyl (C=O) groups is 2. The largest absolute Gasteiger partial charge is 0.463 e. The van der Waals surface area contributed by atoms with Gasteiger partial charge in [-0.3, -0.25) is 4.79 Å². The van der Waals surface area contributed by atoms with Crippen molar-refractivity contribution in [2.45, 2.75) is 0 Å². The first-order valence-electron chi connectivity index (χ1n) is 3.75. The van der Waals surface area contributed by atoms with E-state index in [9.17, 15) is 14.0 Å². The van der Waals surface area contributed by atoms with Crippen molar-refractivity contribution in [3.05, 3.63) is 31.6 Å². The van der Waals surface area contributed by atoms with Gasteiger partial charge in [-0.2, -0.15) is 0 Å². The Morgan fingerprint density at radius 3 is 2.60 bits per heavy atom. The van der Waals surface area contributed by atoms with Gasteiger partial charge in [-0.05, 0) is 50.7 Å². The number of Topliss-reactive ketones (excluding diaryl/α,β-unsaturated/α-hetero) is 1. The summed E-state index contributed by atoms with van der Waals surface area (Å²) in [5, 5.41) is 0. The smallest absolute Gasteiger partial charge is 0.379 e. The monoisotopic (exact) mass is 386 g/mol. The minimum Gasteiger partial charge on any atom is -0.463 e. The molecule has 0 N–H and O–H groups in total. The van der Waals surface area contributed by atoms with E-state index in [-0.39, 0.29) is 13.6 Å². The zero-order valence-electron chi connectivity index (χ0n) is 7.51. The predicted octanol–water partition coefficient (Wildman–Crippen LogP) is 2.55. The molecule has 15 heavy (non-hydrogen) atoms. The molecule has 0 atom stereocenters. The molecule has 1 aromatic rings. The molecule has 3 nitrogen and oxygen atoms in total. The fourth-order valence-electron chi connectivity index (χ4n) is 0.930. The van der Waals surface area contributed by atoms with Gasteiger partial charge in [0, 0.05) is 8.04 Å². The van der Waals surface area contributed by atoms with Crippen LogP contribution in [0.15, 0.2) is 16.6 Å². The summed E-state index contributed by atoms with van der Waals surface area (Å²) in [6.07, 6.45) is 0. The summed E-state index contributed by atoms with van der Waals surface area (Å²) in [6, 6.07) is 3.00. The van der Waals surface area contributed by atoms with Crippen LogP contribution in [0.25, 0.3) is 0 Å². The van der Waals surface area contributed by atoms with Gasteiger partial charge in [0.25, 0.3) is 5.78 Å². The molecule has 0 saturated carbocycles. The molecule has 1 aromatic carbocycles. The maximum Gasteiger partial charge on any atom is 0.379 e. The summed E-state index contributed by atoms with van der Waals surface area (Å²) < 4.78 is 18.3. The lowest BCUT2D eigenvalue weighted by atomic mass is 10.1. The summed E-state index contributed by atoms with van der Waals surface area (Å²) in [6.45, 7) is 0. The Labute approximate surface area is 107 Å².